The topological polar surface area (TPSA) is 73.2 Å². The highest BCUT2D eigenvalue weighted by molar-refractivity contribution is 7.99. The monoisotopic (exact) mass is 459 g/mol. The Bertz CT molecular complexity index is 1130. The van der Waals surface area contributed by atoms with E-state index in [2.05, 4.69) is 19.2 Å². The number of hydrogen-bond donors (Lipinski definition) is 1. The van der Waals surface area contributed by atoms with E-state index in [1.807, 2.05) is 24.3 Å². The van der Waals surface area contributed by atoms with Crippen molar-refractivity contribution in [1.82, 2.24) is 14.9 Å². The molecule has 0 fully saturated rings. The van der Waals surface area contributed by atoms with Crippen molar-refractivity contribution in [3.05, 3.63) is 63.4 Å². The molecule has 0 atom stereocenters. The maximum Gasteiger partial charge on any atom is 0.266 e. The van der Waals surface area contributed by atoms with Crippen molar-refractivity contribution in [3.8, 4) is 5.69 Å². The summed E-state index contributed by atoms with van der Waals surface area (Å²) in [6, 6.07) is 12.8. The molecule has 1 N–H and O–H groups in total. The summed E-state index contributed by atoms with van der Waals surface area (Å²) in [5.41, 5.74) is 2.14. The maximum atomic E-state index is 13.5. The fraction of sp³-hybridized carbons (Fsp3) is 0.348. The molecular formula is C23H26ClN3O3S. The summed E-state index contributed by atoms with van der Waals surface area (Å²) >= 11 is 7.36. The lowest BCUT2D eigenvalue weighted by molar-refractivity contribution is -0.118. The predicted octanol–water partition coefficient (Wildman–Crippen LogP) is 4.41. The molecule has 0 saturated carbocycles. The Morgan fingerprint density at radius 3 is 2.77 bits per heavy atom. The molecule has 0 radical (unpaired) electrons. The van der Waals surface area contributed by atoms with Gasteiger partial charge in [-0.25, -0.2) is 4.98 Å². The van der Waals surface area contributed by atoms with Gasteiger partial charge in [-0.3, -0.25) is 14.2 Å². The number of methoxy groups -OCH3 is 1. The summed E-state index contributed by atoms with van der Waals surface area (Å²) in [5, 5.41) is 4.31. The first-order valence-corrected chi connectivity index (χ1v) is 11.5. The van der Waals surface area contributed by atoms with Crippen LogP contribution in [-0.2, 0) is 9.53 Å². The third-order valence-corrected chi connectivity index (χ3v) is 5.95. The van der Waals surface area contributed by atoms with Crippen molar-refractivity contribution in [1.29, 1.82) is 0 Å². The minimum absolute atomic E-state index is 0.120. The van der Waals surface area contributed by atoms with Crippen molar-refractivity contribution in [2.24, 2.45) is 0 Å². The largest absolute Gasteiger partial charge is 0.385 e. The number of nitrogens with one attached hydrogen (secondary N) is 1. The van der Waals surface area contributed by atoms with Gasteiger partial charge in [-0.05, 0) is 42.2 Å². The van der Waals surface area contributed by atoms with Crippen molar-refractivity contribution < 1.29 is 9.53 Å². The second kappa shape index (κ2) is 10.8. The normalized spacial score (nSPS) is 11.3. The second-order valence-electron chi connectivity index (χ2n) is 7.39. The predicted molar refractivity (Wildman–Crippen MR) is 127 cm³/mol. The molecule has 1 amide bonds. The molecule has 0 unspecified atom stereocenters. The lowest BCUT2D eigenvalue weighted by atomic mass is 10.0. The number of aromatic nitrogens is 2. The summed E-state index contributed by atoms with van der Waals surface area (Å²) in [5.74, 6) is 0.242. The second-order valence-corrected chi connectivity index (χ2v) is 8.77. The van der Waals surface area contributed by atoms with E-state index in [0.29, 0.717) is 34.2 Å². The Balaban J connectivity index is 2.02. The zero-order valence-corrected chi connectivity index (χ0v) is 19.4. The van der Waals surface area contributed by atoms with E-state index < -0.39 is 0 Å². The lowest BCUT2D eigenvalue weighted by Gasteiger charge is -2.18. The highest BCUT2D eigenvalue weighted by Gasteiger charge is 2.18. The fourth-order valence-electron chi connectivity index (χ4n) is 3.25. The number of thioether (sulfide) groups is 1. The standard InChI is InChI=1S/C23H26ClN3O3S/c1-15(2)17-7-4-5-8-20(17)27-22(29)18-10-9-16(24)13-19(18)26-23(27)31-14-21(28)25-11-6-12-30-3/h4-5,7-10,13,15H,6,11-12,14H2,1-3H3,(H,25,28). The molecule has 6 nitrogen and oxygen atoms in total. The number of halogens is 1. The van der Waals surface area contributed by atoms with Crippen LogP contribution >= 0.6 is 23.4 Å². The molecule has 1 heterocycles. The number of ether oxygens (including phenoxy) is 1. The molecule has 0 aliphatic carbocycles. The Morgan fingerprint density at radius 2 is 2.03 bits per heavy atom. The first-order valence-electron chi connectivity index (χ1n) is 10.1. The van der Waals surface area contributed by atoms with Crippen molar-refractivity contribution in [2.75, 3.05) is 26.0 Å². The number of benzene rings is 2. The van der Waals surface area contributed by atoms with Crippen LogP contribution in [0.5, 0.6) is 0 Å². The van der Waals surface area contributed by atoms with Gasteiger partial charge in [-0.15, -0.1) is 0 Å². The zero-order valence-electron chi connectivity index (χ0n) is 17.9. The van der Waals surface area contributed by atoms with Crippen molar-refractivity contribution in [3.63, 3.8) is 0 Å². The van der Waals surface area contributed by atoms with Gasteiger partial charge in [-0.1, -0.05) is 55.4 Å². The van der Waals surface area contributed by atoms with E-state index in [1.165, 1.54) is 11.8 Å². The number of carbonyl (C=O) groups is 1. The number of hydrogen-bond acceptors (Lipinski definition) is 5. The molecule has 164 valence electrons. The van der Waals surface area contributed by atoms with Crippen LogP contribution in [0.1, 0.15) is 31.7 Å². The van der Waals surface area contributed by atoms with Crippen LogP contribution in [0.4, 0.5) is 0 Å². The average molecular weight is 460 g/mol. The van der Waals surface area contributed by atoms with Gasteiger partial charge >= 0.3 is 0 Å². The zero-order chi connectivity index (χ0) is 22.4. The minimum Gasteiger partial charge on any atom is -0.385 e. The van der Waals surface area contributed by atoms with Crippen LogP contribution in [0.15, 0.2) is 52.4 Å². The Morgan fingerprint density at radius 1 is 1.26 bits per heavy atom. The molecule has 0 spiro atoms. The SMILES string of the molecule is COCCCNC(=O)CSc1nc2cc(Cl)ccc2c(=O)n1-c1ccccc1C(C)C. The lowest BCUT2D eigenvalue weighted by Crippen LogP contribution is -2.28. The van der Waals surface area contributed by atoms with Crippen LogP contribution in [0.3, 0.4) is 0 Å². The van der Waals surface area contributed by atoms with Gasteiger partial charge in [-0.2, -0.15) is 0 Å². The van der Waals surface area contributed by atoms with Gasteiger partial charge < -0.3 is 10.1 Å². The van der Waals surface area contributed by atoms with E-state index in [-0.39, 0.29) is 23.1 Å². The smallest absolute Gasteiger partial charge is 0.266 e. The van der Waals surface area contributed by atoms with Gasteiger partial charge in [0.05, 0.1) is 22.3 Å². The van der Waals surface area contributed by atoms with Crippen molar-refractivity contribution in [2.45, 2.75) is 31.3 Å². The summed E-state index contributed by atoms with van der Waals surface area (Å²) < 4.78 is 6.60. The van der Waals surface area contributed by atoms with E-state index in [9.17, 15) is 9.59 Å². The summed E-state index contributed by atoms with van der Waals surface area (Å²) in [4.78, 5) is 30.5. The Kier molecular flexibility index (Phi) is 8.12. The number of nitrogens with zero attached hydrogens (tertiary/aromatic N) is 2. The number of para-hydroxylation sites is 1. The van der Waals surface area contributed by atoms with E-state index >= 15 is 0 Å². The van der Waals surface area contributed by atoms with Crippen LogP contribution in [0.25, 0.3) is 16.6 Å². The molecular weight excluding hydrogens is 434 g/mol. The molecule has 0 bridgehead atoms. The summed E-state index contributed by atoms with van der Waals surface area (Å²) in [7, 11) is 1.63. The third-order valence-electron chi connectivity index (χ3n) is 4.78. The van der Waals surface area contributed by atoms with Gasteiger partial charge in [0, 0.05) is 25.3 Å². The van der Waals surface area contributed by atoms with Gasteiger partial charge in [0.25, 0.3) is 5.56 Å². The first-order chi connectivity index (χ1) is 14.9. The number of amides is 1. The van der Waals surface area contributed by atoms with Gasteiger partial charge in [0.2, 0.25) is 5.91 Å². The number of rotatable bonds is 9. The Hall–Kier alpha value is -2.35. The summed E-state index contributed by atoms with van der Waals surface area (Å²) in [6.07, 6.45) is 0.742. The Labute approximate surface area is 191 Å². The van der Waals surface area contributed by atoms with E-state index in [0.717, 1.165) is 17.7 Å². The first kappa shape index (κ1) is 23.3. The molecule has 8 heteroatoms. The van der Waals surface area contributed by atoms with E-state index in [4.69, 9.17) is 21.3 Å². The molecule has 0 aliphatic rings. The average Bonchev–Trinajstić information content (AvgIpc) is 2.75. The maximum absolute atomic E-state index is 13.5. The minimum atomic E-state index is -0.183. The van der Waals surface area contributed by atoms with Gasteiger partial charge in [0.15, 0.2) is 5.16 Å². The fourth-order valence-corrected chi connectivity index (χ4v) is 4.25. The molecule has 0 aliphatic heterocycles. The van der Waals surface area contributed by atoms with Crippen LogP contribution in [0.2, 0.25) is 5.02 Å². The van der Waals surface area contributed by atoms with Crippen LogP contribution in [-0.4, -0.2) is 41.5 Å². The number of carbonyl (C=O) groups excluding carboxylic acids is 1. The highest BCUT2D eigenvalue weighted by Crippen LogP contribution is 2.27. The molecule has 3 rings (SSSR count). The third kappa shape index (κ3) is 5.67. The molecule has 31 heavy (non-hydrogen) atoms. The molecule has 1 aromatic heterocycles. The van der Waals surface area contributed by atoms with Crippen LogP contribution < -0.4 is 10.9 Å². The van der Waals surface area contributed by atoms with Crippen LogP contribution in [0, 0.1) is 0 Å². The molecule has 3 aromatic rings. The van der Waals surface area contributed by atoms with E-state index in [1.54, 1.807) is 29.9 Å². The highest BCUT2D eigenvalue weighted by atomic mass is 35.5. The quantitative estimate of drug-likeness (QED) is 0.291. The van der Waals surface area contributed by atoms with Crippen molar-refractivity contribution >= 4 is 40.2 Å². The van der Waals surface area contributed by atoms with Gasteiger partial charge in [0.1, 0.15) is 0 Å². The molecule has 0 saturated heterocycles. The number of fused-ring (bicyclic) bond motifs is 1. The molecule has 2 aromatic carbocycles. The summed E-state index contributed by atoms with van der Waals surface area (Å²) in [6.45, 7) is 5.29.